The summed E-state index contributed by atoms with van der Waals surface area (Å²) in [5.41, 5.74) is 2.87. The van der Waals surface area contributed by atoms with Gasteiger partial charge in [0.2, 0.25) is 0 Å². The van der Waals surface area contributed by atoms with Gasteiger partial charge in [0, 0.05) is 40.2 Å². The first-order valence-corrected chi connectivity index (χ1v) is 10.6. The van der Waals surface area contributed by atoms with Crippen LogP contribution < -0.4 is 0 Å². The van der Waals surface area contributed by atoms with Gasteiger partial charge in [0.25, 0.3) is 0 Å². The summed E-state index contributed by atoms with van der Waals surface area (Å²) in [5, 5.41) is 3.72. The molecular formula is C29H25NO2. The molecule has 3 aromatic heterocycles. The third kappa shape index (κ3) is 2.92. The van der Waals surface area contributed by atoms with Crippen molar-refractivity contribution in [2.45, 2.75) is 34.0 Å². The number of fused-ring (bicyclic) bond motifs is 7. The Labute approximate surface area is 193 Å². The third-order valence-electron chi connectivity index (χ3n) is 5.68. The van der Waals surface area contributed by atoms with Crippen LogP contribution in [0.2, 0.25) is 0 Å². The van der Waals surface area contributed by atoms with Crippen LogP contribution in [0.25, 0.3) is 55.1 Å². The smallest absolute Gasteiger partial charge is 0.145 e. The largest absolute Gasteiger partial charge is 0.456 e. The second-order valence-corrected chi connectivity index (χ2v) is 9.19. The quantitative estimate of drug-likeness (QED) is 0.280. The molecule has 3 heteroatoms. The van der Waals surface area contributed by atoms with Crippen LogP contribution in [-0.2, 0) is 6.37 Å². The number of aryl methyl sites for hydroxylation is 1. The fourth-order valence-electron chi connectivity index (χ4n) is 4.40. The highest BCUT2D eigenvalue weighted by atomic mass is 16.3. The van der Waals surface area contributed by atoms with Crippen molar-refractivity contribution in [3.63, 3.8) is 0 Å². The van der Waals surface area contributed by atoms with Crippen molar-refractivity contribution in [3.05, 3.63) is 78.0 Å². The fourth-order valence-corrected chi connectivity index (χ4v) is 4.40. The van der Waals surface area contributed by atoms with Crippen LogP contribution in [0.5, 0.6) is 0 Å². The van der Waals surface area contributed by atoms with Crippen LogP contribution in [0.3, 0.4) is 0 Å². The normalized spacial score (nSPS) is 15.7. The zero-order valence-electron chi connectivity index (χ0n) is 23.1. The average molecular weight is 425 g/mol. The first kappa shape index (κ1) is 14.5. The average Bonchev–Trinajstić information content (AvgIpc) is 3.40. The Morgan fingerprint density at radius 3 is 2.28 bits per heavy atom. The molecule has 3 aromatic carbocycles. The molecule has 0 amide bonds. The molecule has 3 nitrogen and oxygen atoms in total. The van der Waals surface area contributed by atoms with Crippen molar-refractivity contribution in [2.24, 2.45) is 5.41 Å². The highest BCUT2D eigenvalue weighted by Gasteiger charge is 2.22. The predicted octanol–water partition coefficient (Wildman–Crippen LogP) is 8.44. The highest BCUT2D eigenvalue weighted by molar-refractivity contribution is 6.28. The maximum atomic E-state index is 8.90. The van der Waals surface area contributed by atoms with E-state index in [9.17, 15) is 0 Å². The lowest BCUT2D eigenvalue weighted by molar-refractivity contribution is 0.410. The van der Waals surface area contributed by atoms with Gasteiger partial charge in [0.05, 0.1) is 5.69 Å². The Bertz CT molecular complexity index is 1840. The Hall–Kier alpha value is -3.59. The van der Waals surface area contributed by atoms with Gasteiger partial charge in [0.1, 0.15) is 22.3 Å². The van der Waals surface area contributed by atoms with Crippen molar-refractivity contribution in [3.8, 4) is 11.3 Å². The van der Waals surface area contributed by atoms with Gasteiger partial charge < -0.3 is 8.83 Å². The molecule has 32 heavy (non-hydrogen) atoms. The number of furan rings is 2. The van der Waals surface area contributed by atoms with E-state index in [0.717, 1.165) is 27.1 Å². The summed E-state index contributed by atoms with van der Waals surface area (Å²) in [7, 11) is 0. The zero-order chi connectivity index (χ0) is 26.3. The molecule has 0 fully saturated rings. The predicted molar refractivity (Wildman–Crippen MR) is 132 cm³/mol. The molecule has 0 saturated carbocycles. The summed E-state index contributed by atoms with van der Waals surface area (Å²) in [6.07, 6.45) is -0.663. The maximum Gasteiger partial charge on any atom is 0.145 e. The van der Waals surface area contributed by atoms with Gasteiger partial charge in [-0.1, -0.05) is 57.2 Å². The first-order valence-electron chi connectivity index (χ1n) is 13.1. The number of hydrogen-bond acceptors (Lipinski definition) is 3. The second kappa shape index (κ2) is 6.70. The summed E-state index contributed by atoms with van der Waals surface area (Å²) in [6, 6.07) is 19.0. The van der Waals surface area contributed by atoms with Crippen LogP contribution in [0, 0.1) is 12.3 Å². The molecule has 0 aliphatic carbocycles. The Kier molecular flexibility index (Phi) is 3.03. The van der Waals surface area contributed by atoms with Crippen LogP contribution in [-0.4, -0.2) is 4.98 Å². The lowest BCUT2D eigenvalue weighted by atomic mass is 9.86. The SMILES string of the molecule is [2H]C([2H])([2H])c1cnc(-c2cc3oc4ccccc4c3c3c2oc2ccccc23)cc1C([2H])([2H])C(C)(C)C. The van der Waals surface area contributed by atoms with E-state index in [1.54, 1.807) is 26.8 Å². The van der Waals surface area contributed by atoms with Crippen molar-refractivity contribution < 1.29 is 15.7 Å². The molecule has 0 aliphatic heterocycles. The van der Waals surface area contributed by atoms with E-state index in [-0.39, 0.29) is 11.1 Å². The van der Waals surface area contributed by atoms with Crippen LogP contribution in [0.15, 0.2) is 75.7 Å². The Balaban J connectivity index is 1.74. The van der Waals surface area contributed by atoms with Gasteiger partial charge in [-0.15, -0.1) is 0 Å². The summed E-state index contributed by atoms with van der Waals surface area (Å²) < 4.78 is 54.5. The zero-order valence-corrected chi connectivity index (χ0v) is 18.1. The number of benzene rings is 3. The lowest BCUT2D eigenvalue weighted by Gasteiger charge is -2.20. The summed E-state index contributed by atoms with van der Waals surface area (Å²) in [6.45, 7) is 2.76. The monoisotopic (exact) mass is 424 g/mol. The molecule has 0 aliphatic rings. The summed E-state index contributed by atoms with van der Waals surface area (Å²) >= 11 is 0. The van der Waals surface area contributed by atoms with Gasteiger partial charge in [0.15, 0.2) is 0 Å². The van der Waals surface area contributed by atoms with E-state index in [1.165, 1.54) is 6.20 Å². The molecule has 0 unspecified atom stereocenters. The minimum atomic E-state index is -2.52. The van der Waals surface area contributed by atoms with Gasteiger partial charge in [-0.3, -0.25) is 4.98 Å². The van der Waals surface area contributed by atoms with Crippen molar-refractivity contribution in [1.82, 2.24) is 4.98 Å². The number of para-hydroxylation sites is 2. The van der Waals surface area contributed by atoms with Crippen molar-refractivity contribution in [1.29, 1.82) is 0 Å². The number of aromatic nitrogens is 1. The van der Waals surface area contributed by atoms with Crippen LogP contribution >= 0.6 is 0 Å². The standard InChI is InChI=1S/C29H25NO2/c1-17-16-30-22(13-18(17)15-29(2,3)4)21-14-25-26(19-9-5-7-11-23(19)31-25)27-20-10-6-8-12-24(20)32-28(21)27/h5-14,16H,15H2,1-4H3/i1D3,15D2. The molecule has 0 spiro atoms. The lowest BCUT2D eigenvalue weighted by Crippen LogP contribution is -2.10. The molecule has 0 radical (unpaired) electrons. The van der Waals surface area contributed by atoms with Gasteiger partial charge in [-0.25, -0.2) is 0 Å². The van der Waals surface area contributed by atoms with E-state index in [2.05, 4.69) is 4.98 Å². The van der Waals surface area contributed by atoms with E-state index in [0.29, 0.717) is 28.0 Å². The van der Waals surface area contributed by atoms with Crippen LogP contribution in [0.4, 0.5) is 0 Å². The molecular weight excluding hydrogens is 394 g/mol. The van der Waals surface area contributed by atoms with E-state index in [4.69, 9.17) is 15.7 Å². The van der Waals surface area contributed by atoms with E-state index >= 15 is 0 Å². The fraction of sp³-hybridized carbons (Fsp3) is 0.207. The minimum Gasteiger partial charge on any atom is -0.456 e. The van der Waals surface area contributed by atoms with Gasteiger partial charge in [-0.05, 0) is 54.0 Å². The minimum absolute atomic E-state index is 0.0955. The first-order chi connectivity index (χ1) is 17.4. The van der Waals surface area contributed by atoms with Crippen molar-refractivity contribution >= 4 is 43.9 Å². The second-order valence-electron chi connectivity index (χ2n) is 9.19. The molecule has 6 rings (SSSR count). The van der Waals surface area contributed by atoms with E-state index < -0.39 is 18.6 Å². The molecule has 0 N–H and O–H groups in total. The molecule has 0 atom stereocenters. The van der Waals surface area contributed by atoms with Crippen molar-refractivity contribution in [2.75, 3.05) is 0 Å². The molecule has 3 heterocycles. The number of pyridine rings is 1. The molecule has 0 bridgehead atoms. The number of rotatable bonds is 2. The summed E-state index contributed by atoms with van der Waals surface area (Å²) in [4.78, 5) is 4.52. The molecule has 0 saturated heterocycles. The highest BCUT2D eigenvalue weighted by Crippen LogP contribution is 2.44. The Morgan fingerprint density at radius 1 is 0.875 bits per heavy atom. The molecule has 158 valence electrons. The number of nitrogens with zero attached hydrogens (tertiary/aromatic N) is 1. The summed E-state index contributed by atoms with van der Waals surface area (Å²) in [5.74, 6) is 0. The topological polar surface area (TPSA) is 39.2 Å². The third-order valence-corrected chi connectivity index (χ3v) is 5.68. The van der Waals surface area contributed by atoms with Crippen LogP contribution in [0.1, 0.15) is 38.8 Å². The molecule has 6 aromatic rings. The maximum absolute atomic E-state index is 8.90. The Morgan fingerprint density at radius 2 is 1.56 bits per heavy atom. The van der Waals surface area contributed by atoms with E-state index in [1.807, 2.05) is 54.6 Å². The number of hydrogen-bond donors (Lipinski definition) is 0. The van der Waals surface area contributed by atoms with Gasteiger partial charge in [-0.2, -0.15) is 0 Å². The van der Waals surface area contributed by atoms with Gasteiger partial charge >= 0.3 is 0 Å².